The summed E-state index contributed by atoms with van der Waals surface area (Å²) in [6.07, 6.45) is 8.41. The van der Waals surface area contributed by atoms with Gasteiger partial charge in [0.1, 0.15) is 5.82 Å². The third-order valence-corrected chi connectivity index (χ3v) is 4.64. The second-order valence-corrected chi connectivity index (χ2v) is 6.43. The minimum Gasteiger partial charge on any atom is -0.357 e. The lowest BCUT2D eigenvalue weighted by Crippen LogP contribution is -2.25. The van der Waals surface area contributed by atoms with E-state index < -0.39 is 0 Å². The second-order valence-electron chi connectivity index (χ2n) is 6.43. The van der Waals surface area contributed by atoms with Crippen LogP contribution in [-0.4, -0.2) is 34.2 Å². The number of carbonyl (C=O) groups is 1. The van der Waals surface area contributed by atoms with E-state index in [2.05, 4.69) is 25.4 Å². The zero-order valence-corrected chi connectivity index (χ0v) is 14.0. The van der Waals surface area contributed by atoms with Crippen LogP contribution in [0.2, 0.25) is 0 Å². The summed E-state index contributed by atoms with van der Waals surface area (Å²) in [7, 11) is 0. The quantitative estimate of drug-likeness (QED) is 0.767. The molecule has 6 heteroatoms. The Kier molecular flexibility index (Phi) is 4.33. The maximum absolute atomic E-state index is 12.4. The molecule has 6 nitrogen and oxygen atoms in total. The summed E-state index contributed by atoms with van der Waals surface area (Å²) in [5, 5.41) is 10.8. The number of pyridine rings is 1. The fourth-order valence-electron chi connectivity index (χ4n) is 3.23. The number of nitrogens with zero attached hydrogens (tertiary/aromatic N) is 3. The van der Waals surface area contributed by atoms with E-state index in [-0.39, 0.29) is 5.91 Å². The molecule has 25 heavy (non-hydrogen) atoms. The zero-order chi connectivity index (χ0) is 17.1. The molecule has 1 aromatic carbocycles. The Hall–Kier alpha value is -2.89. The van der Waals surface area contributed by atoms with E-state index in [0.717, 1.165) is 35.5 Å². The van der Waals surface area contributed by atoms with Gasteiger partial charge in [-0.25, -0.2) is 4.98 Å². The fourth-order valence-corrected chi connectivity index (χ4v) is 3.23. The Morgan fingerprint density at radius 2 is 1.88 bits per heavy atom. The van der Waals surface area contributed by atoms with Gasteiger partial charge in [-0.1, -0.05) is 12.8 Å². The van der Waals surface area contributed by atoms with Crippen molar-refractivity contribution in [2.24, 2.45) is 0 Å². The molecule has 0 radical (unpaired) electrons. The first-order chi connectivity index (χ1) is 12.3. The van der Waals surface area contributed by atoms with Gasteiger partial charge >= 0.3 is 0 Å². The molecule has 0 saturated carbocycles. The van der Waals surface area contributed by atoms with Crippen LogP contribution in [0, 0.1) is 0 Å². The number of rotatable bonds is 3. The number of nitrogens with one attached hydrogen (secondary N) is 2. The Bertz CT molecular complexity index is 863. The highest BCUT2D eigenvalue weighted by Gasteiger charge is 2.13. The Morgan fingerprint density at radius 3 is 2.64 bits per heavy atom. The standard InChI is InChI=1S/C19H21N5O/c25-19(22-16-7-5-14-13-21-23-17(14)11-16)15-6-8-18(20-12-15)24-9-3-1-2-4-10-24/h5-8,11-13H,1-4,9-10H2,(H,21,23)(H,22,25). The Labute approximate surface area is 146 Å². The van der Waals surface area contributed by atoms with Gasteiger partial charge in [-0.3, -0.25) is 9.89 Å². The SMILES string of the molecule is O=C(Nc1ccc2cn[nH]c2c1)c1ccc(N2CCCCCC2)nc1. The van der Waals surface area contributed by atoms with Crippen molar-refractivity contribution in [3.8, 4) is 0 Å². The minimum atomic E-state index is -0.159. The first kappa shape index (κ1) is 15.6. The topological polar surface area (TPSA) is 73.9 Å². The van der Waals surface area contributed by atoms with E-state index >= 15 is 0 Å². The predicted octanol–water partition coefficient (Wildman–Crippen LogP) is 3.59. The summed E-state index contributed by atoms with van der Waals surface area (Å²) in [5.41, 5.74) is 2.19. The summed E-state index contributed by atoms with van der Waals surface area (Å²) < 4.78 is 0. The molecule has 1 aliphatic heterocycles. The summed E-state index contributed by atoms with van der Waals surface area (Å²) in [5.74, 6) is 0.797. The molecule has 4 rings (SSSR count). The number of amides is 1. The maximum Gasteiger partial charge on any atom is 0.257 e. The number of benzene rings is 1. The molecule has 0 atom stereocenters. The van der Waals surface area contributed by atoms with Crippen molar-refractivity contribution in [2.75, 3.05) is 23.3 Å². The summed E-state index contributed by atoms with van der Waals surface area (Å²) in [4.78, 5) is 19.2. The number of hydrogen-bond acceptors (Lipinski definition) is 4. The summed E-state index contributed by atoms with van der Waals surface area (Å²) >= 11 is 0. The van der Waals surface area contributed by atoms with E-state index in [0.29, 0.717) is 5.56 Å². The van der Waals surface area contributed by atoms with Crippen molar-refractivity contribution >= 4 is 28.3 Å². The largest absolute Gasteiger partial charge is 0.357 e. The number of aromatic nitrogens is 3. The number of fused-ring (bicyclic) bond motifs is 1. The van der Waals surface area contributed by atoms with E-state index in [1.165, 1.54) is 25.7 Å². The monoisotopic (exact) mass is 335 g/mol. The van der Waals surface area contributed by atoms with Gasteiger partial charge < -0.3 is 10.2 Å². The third kappa shape index (κ3) is 3.47. The smallest absolute Gasteiger partial charge is 0.257 e. The van der Waals surface area contributed by atoms with E-state index in [9.17, 15) is 4.79 Å². The van der Waals surface area contributed by atoms with Crippen molar-refractivity contribution < 1.29 is 4.79 Å². The van der Waals surface area contributed by atoms with E-state index in [1.54, 1.807) is 12.4 Å². The maximum atomic E-state index is 12.4. The normalized spacial score (nSPS) is 15.1. The number of aromatic amines is 1. The first-order valence-corrected chi connectivity index (χ1v) is 8.75. The third-order valence-electron chi connectivity index (χ3n) is 4.64. The van der Waals surface area contributed by atoms with Gasteiger partial charge in [-0.05, 0) is 43.2 Å². The number of anilines is 2. The van der Waals surface area contributed by atoms with Crippen LogP contribution < -0.4 is 10.2 Å². The lowest BCUT2D eigenvalue weighted by atomic mass is 10.2. The first-order valence-electron chi connectivity index (χ1n) is 8.75. The molecule has 0 bridgehead atoms. The summed E-state index contributed by atoms with van der Waals surface area (Å²) in [6.45, 7) is 2.09. The van der Waals surface area contributed by atoms with Crippen LogP contribution >= 0.6 is 0 Å². The van der Waals surface area contributed by atoms with Gasteiger partial charge in [-0.2, -0.15) is 5.10 Å². The molecule has 1 amide bonds. The molecule has 2 aromatic heterocycles. The highest BCUT2D eigenvalue weighted by Crippen LogP contribution is 2.19. The van der Waals surface area contributed by atoms with Crippen LogP contribution in [0.25, 0.3) is 10.9 Å². The fraction of sp³-hybridized carbons (Fsp3) is 0.316. The van der Waals surface area contributed by atoms with Crippen molar-refractivity contribution in [3.05, 3.63) is 48.3 Å². The molecule has 128 valence electrons. The minimum absolute atomic E-state index is 0.159. The van der Waals surface area contributed by atoms with Crippen molar-refractivity contribution in [3.63, 3.8) is 0 Å². The highest BCUT2D eigenvalue weighted by atomic mass is 16.1. The lowest BCUT2D eigenvalue weighted by Gasteiger charge is -2.21. The van der Waals surface area contributed by atoms with Gasteiger partial charge in [-0.15, -0.1) is 0 Å². The van der Waals surface area contributed by atoms with Crippen molar-refractivity contribution in [1.82, 2.24) is 15.2 Å². The highest BCUT2D eigenvalue weighted by molar-refractivity contribution is 6.04. The molecule has 2 N–H and O–H groups in total. The van der Waals surface area contributed by atoms with Gasteiger partial charge in [0, 0.05) is 30.4 Å². The molecule has 1 aliphatic rings. The van der Waals surface area contributed by atoms with Gasteiger partial charge in [0.2, 0.25) is 0 Å². The average molecular weight is 335 g/mol. The van der Waals surface area contributed by atoms with Crippen molar-refractivity contribution in [2.45, 2.75) is 25.7 Å². The molecule has 3 aromatic rings. The van der Waals surface area contributed by atoms with Gasteiger partial charge in [0.15, 0.2) is 0 Å². The summed E-state index contributed by atoms with van der Waals surface area (Å²) in [6, 6.07) is 9.46. The van der Waals surface area contributed by atoms with Crippen LogP contribution in [0.1, 0.15) is 36.0 Å². The average Bonchev–Trinajstić information content (AvgIpc) is 2.94. The molecule has 1 saturated heterocycles. The Balaban J connectivity index is 1.46. The molecular weight excluding hydrogens is 314 g/mol. The molecule has 0 aliphatic carbocycles. The van der Waals surface area contributed by atoms with E-state index in [4.69, 9.17) is 0 Å². The lowest BCUT2D eigenvalue weighted by molar-refractivity contribution is 0.102. The van der Waals surface area contributed by atoms with Crippen molar-refractivity contribution in [1.29, 1.82) is 0 Å². The van der Waals surface area contributed by atoms with Crippen LogP contribution in [0.3, 0.4) is 0 Å². The number of carbonyl (C=O) groups excluding carboxylic acids is 1. The van der Waals surface area contributed by atoms with Crippen LogP contribution in [-0.2, 0) is 0 Å². The predicted molar refractivity (Wildman–Crippen MR) is 99.0 cm³/mol. The van der Waals surface area contributed by atoms with Gasteiger partial charge in [0.25, 0.3) is 5.91 Å². The van der Waals surface area contributed by atoms with Crippen LogP contribution in [0.4, 0.5) is 11.5 Å². The van der Waals surface area contributed by atoms with Gasteiger partial charge in [0.05, 0.1) is 17.3 Å². The Morgan fingerprint density at radius 1 is 1.04 bits per heavy atom. The molecular formula is C19H21N5O. The molecule has 0 unspecified atom stereocenters. The molecule has 3 heterocycles. The zero-order valence-electron chi connectivity index (χ0n) is 14.0. The van der Waals surface area contributed by atoms with Crippen LogP contribution in [0.5, 0.6) is 0 Å². The number of hydrogen-bond donors (Lipinski definition) is 2. The second kappa shape index (κ2) is 6.93. The van der Waals surface area contributed by atoms with Crippen LogP contribution in [0.15, 0.2) is 42.7 Å². The molecule has 0 spiro atoms. The number of H-pyrrole nitrogens is 1. The van der Waals surface area contributed by atoms with E-state index in [1.807, 2.05) is 30.3 Å². The molecule has 1 fully saturated rings.